The maximum absolute atomic E-state index is 13.0. The summed E-state index contributed by atoms with van der Waals surface area (Å²) in [6.45, 7) is 2.29. The molecule has 0 aliphatic carbocycles. The van der Waals surface area contributed by atoms with Gasteiger partial charge in [-0.2, -0.15) is 0 Å². The van der Waals surface area contributed by atoms with E-state index in [1.165, 1.54) is 16.8 Å². The highest BCUT2D eigenvalue weighted by atomic mass is 32.2. The molecule has 1 unspecified atom stereocenters. The van der Waals surface area contributed by atoms with Gasteiger partial charge in [-0.3, -0.25) is 4.79 Å². The number of fused-ring (bicyclic) bond motifs is 1. The number of nitrogens with zero attached hydrogens (tertiary/aromatic N) is 2. The zero-order valence-electron chi connectivity index (χ0n) is 18.3. The highest BCUT2D eigenvalue weighted by molar-refractivity contribution is 7.89. The van der Waals surface area contributed by atoms with Crippen LogP contribution in [0.4, 0.5) is 0 Å². The van der Waals surface area contributed by atoms with Crippen LogP contribution in [0.3, 0.4) is 0 Å². The van der Waals surface area contributed by atoms with Crippen molar-refractivity contribution < 1.29 is 17.9 Å². The summed E-state index contributed by atoms with van der Waals surface area (Å²) in [6.07, 6.45) is 3.52. The van der Waals surface area contributed by atoms with Gasteiger partial charge in [-0.15, -0.1) is 11.3 Å². The molecule has 5 rings (SSSR count). The van der Waals surface area contributed by atoms with Gasteiger partial charge in [0, 0.05) is 37.7 Å². The summed E-state index contributed by atoms with van der Waals surface area (Å²) in [7, 11) is -3.62. The minimum atomic E-state index is -3.62. The number of nitrogens with one attached hydrogen (secondary N) is 1. The van der Waals surface area contributed by atoms with Crippen molar-refractivity contribution in [3.05, 3.63) is 59.1 Å². The van der Waals surface area contributed by atoms with Crippen molar-refractivity contribution in [2.45, 2.75) is 42.6 Å². The number of likely N-dealkylation sites (tertiary alicyclic amines) is 1. The lowest BCUT2D eigenvalue weighted by atomic mass is 9.97. The first-order valence-corrected chi connectivity index (χ1v) is 13.7. The largest absolute Gasteiger partial charge is 0.377 e. The first-order valence-electron chi connectivity index (χ1n) is 11.4. The number of ether oxygens (including phenoxy) is 1. The molecule has 2 aromatic carbocycles. The molecule has 7 nitrogen and oxygen atoms in total. The van der Waals surface area contributed by atoms with E-state index in [1.807, 2.05) is 23.1 Å². The molecule has 3 heterocycles. The molecule has 0 radical (unpaired) electrons. The van der Waals surface area contributed by atoms with Crippen molar-refractivity contribution in [2.24, 2.45) is 0 Å². The van der Waals surface area contributed by atoms with Gasteiger partial charge in [0.2, 0.25) is 10.0 Å². The predicted octanol–water partition coefficient (Wildman–Crippen LogP) is 3.77. The van der Waals surface area contributed by atoms with Crippen molar-refractivity contribution in [1.29, 1.82) is 0 Å². The lowest BCUT2D eigenvalue weighted by Gasteiger charge is -2.31. The van der Waals surface area contributed by atoms with Gasteiger partial charge in [0.15, 0.2) is 0 Å². The van der Waals surface area contributed by atoms with Gasteiger partial charge >= 0.3 is 0 Å². The molecule has 33 heavy (non-hydrogen) atoms. The third-order valence-electron chi connectivity index (χ3n) is 6.38. The molecule has 9 heteroatoms. The molecule has 1 N–H and O–H groups in total. The Morgan fingerprint density at radius 3 is 2.55 bits per heavy atom. The molecule has 0 spiro atoms. The van der Waals surface area contributed by atoms with Gasteiger partial charge in [0.1, 0.15) is 0 Å². The van der Waals surface area contributed by atoms with Gasteiger partial charge in [-0.05, 0) is 62.1 Å². The number of carbonyl (C=O) groups is 1. The van der Waals surface area contributed by atoms with Gasteiger partial charge in [0.05, 0.1) is 26.2 Å². The fourth-order valence-electron chi connectivity index (χ4n) is 4.44. The lowest BCUT2D eigenvalue weighted by Crippen LogP contribution is -2.38. The number of hydrogen-bond donors (Lipinski definition) is 1. The third kappa shape index (κ3) is 4.96. The number of thiazole rings is 1. The Hall–Kier alpha value is -2.33. The molecule has 0 saturated carbocycles. The fourth-order valence-corrected chi connectivity index (χ4v) is 6.65. The smallest absolute Gasteiger partial charge is 0.253 e. The van der Waals surface area contributed by atoms with Crippen molar-refractivity contribution in [1.82, 2.24) is 14.6 Å². The number of aromatic nitrogens is 1. The average molecular weight is 486 g/mol. The van der Waals surface area contributed by atoms with Crippen LogP contribution >= 0.6 is 11.3 Å². The van der Waals surface area contributed by atoms with E-state index in [2.05, 4.69) is 10.8 Å². The SMILES string of the molecule is O=C(c1ccc(S(=O)(=O)NCC2CCCO2)cc1)N1CCC(c2nc3ccccc3s2)CC1. The number of benzene rings is 2. The summed E-state index contributed by atoms with van der Waals surface area (Å²) >= 11 is 1.74. The van der Waals surface area contributed by atoms with Crippen LogP contribution < -0.4 is 4.72 Å². The van der Waals surface area contributed by atoms with Gasteiger partial charge in [-0.25, -0.2) is 18.1 Å². The van der Waals surface area contributed by atoms with Crippen molar-refractivity contribution in [3.63, 3.8) is 0 Å². The lowest BCUT2D eigenvalue weighted by molar-refractivity contribution is 0.0713. The molecule has 3 aromatic rings. The highest BCUT2D eigenvalue weighted by Gasteiger charge is 2.27. The summed E-state index contributed by atoms with van der Waals surface area (Å²) in [5.74, 6) is 0.308. The topological polar surface area (TPSA) is 88.6 Å². The third-order valence-corrected chi connectivity index (χ3v) is 9.02. The van der Waals surface area contributed by atoms with E-state index in [-0.39, 0.29) is 23.5 Å². The van der Waals surface area contributed by atoms with Crippen LogP contribution in [0.15, 0.2) is 53.4 Å². The van der Waals surface area contributed by atoms with E-state index in [4.69, 9.17) is 9.72 Å². The monoisotopic (exact) mass is 485 g/mol. The average Bonchev–Trinajstić information content (AvgIpc) is 3.52. The van der Waals surface area contributed by atoms with Crippen LogP contribution in [0.25, 0.3) is 10.2 Å². The molecule has 1 atom stereocenters. The summed E-state index contributed by atoms with van der Waals surface area (Å²) in [6, 6.07) is 14.4. The number of para-hydroxylation sites is 1. The molecule has 1 aromatic heterocycles. The number of rotatable bonds is 6. The second kappa shape index (κ2) is 9.50. The number of sulfonamides is 1. The second-order valence-electron chi connectivity index (χ2n) is 8.60. The van der Waals surface area contributed by atoms with Gasteiger partial charge < -0.3 is 9.64 Å². The van der Waals surface area contributed by atoms with Crippen LogP contribution in [0.1, 0.15) is 47.0 Å². The minimum Gasteiger partial charge on any atom is -0.377 e. The molecular weight excluding hydrogens is 458 g/mol. The second-order valence-corrected chi connectivity index (χ2v) is 11.4. The molecule has 1 amide bonds. The summed E-state index contributed by atoms with van der Waals surface area (Å²) in [5, 5.41) is 1.15. The van der Waals surface area contributed by atoms with E-state index in [1.54, 1.807) is 23.5 Å². The predicted molar refractivity (Wildman–Crippen MR) is 128 cm³/mol. The molecule has 2 aliphatic rings. The minimum absolute atomic E-state index is 0.0611. The Kier molecular flexibility index (Phi) is 6.47. The Labute approximate surface area is 197 Å². The van der Waals surface area contributed by atoms with Crippen LogP contribution in [0.5, 0.6) is 0 Å². The van der Waals surface area contributed by atoms with E-state index in [0.717, 1.165) is 36.2 Å². The standard InChI is InChI=1S/C24H27N3O4S2/c28-24(18-7-9-20(10-8-18)33(29,30)25-16-19-4-3-15-31-19)27-13-11-17(12-14-27)23-26-21-5-1-2-6-22(21)32-23/h1-2,5-10,17,19,25H,3-4,11-16H2. The Morgan fingerprint density at radius 2 is 1.85 bits per heavy atom. The van der Waals surface area contributed by atoms with Crippen LogP contribution in [0.2, 0.25) is 0 Å². The van der Waals surface area contributed by atoms with E-state index >= 15 is 0 Å². The van der Waals surface area contributed by atoms with Crippen LogP contribution in [-0.2, 0) is 14.8 Å². The van der Waals surface area contributed by atoms with Crippen molar-refractivity contribution >= 4 is 37.5 Å². The molecular formula is C24H27N3O4S2. The van der Waals surface area contributed by atoms with Gasteiger partial charge in [0.25, 0.3) is 5.91 Å². The van der Waals surface area contributed by atoms with Crippen LogP contribution in [-0.4, -0.2) is 56.6 Å². The zero-order chi connectivity index (χ0) is 22.8. The summed E-state index contributed by atoms with van der Waals surface area (Å²) in [4.78, 5) is 19.8. The van der Waals surface area contributed by atoms with E-state index < -0.39 is 10.0 Å². The Balaban J connectivity index is 1.18. The molecule has 174 valence electrons. The number of carbonyl (C=O) groups excluding carboxylic acids is 1. The first kappa shape index (κ1) is 22.5. The maximum Gasteiger partial charge on any atom is 0.253 e. The summed E-state index contributed by atoms with van der Waals surface area (Å²) in [5.41, 5.74) is 1.54. The van der Waals surface area contributed by atoms with Gasteiger partial charge in [-0.1, -0.05) is 12.1 Å². The number of amides is 1. The Bertz CT molecular complexity index is 1190. The van der Waals surface area contributed by atoms with Crippen molar-refractivity contribution in [3.8, 4) is 0 Å². The van der Waals surface area contributed by atoms with Crippen molar-refractivity contribution in [2.75, 3.05) is 26.2 Å². The molecule has 2 saturated heterocycles. The van der Waals surface area contributed by atoms with Crippen LogP contribution in [0, 0.1) is 0 Å². The highest BCUT2D eigenvalue weighted by Crippen LogP contribution is 2.34. The number of hydrogen-bond acceptors (Lipinski definition) is 6. The first-order chi connectivity index (χ1) is 16.0. The van der Waals surface area contributed by atoms with E-state index in [0.29, 0.717) is 31.2 Å². The molecule has 2 aliphatic heterocycles. The normalized spacial score (nSPS) is 19.9. The Morgan fingerprint density at radius 1 is 1.09 bits per heavy atom. The molecule has 2 fully saturated rings. The summed E-state index contributed by atoms with van der Waals surface area (Å²) < 4.78 is 34.4. The van der Waals surface area contributed by atoms with E-state index in [9.17, 15) is 13.2 Å². The maximum atomic E-state index is 13.0. The number of piperidine rings is 1. The fraction of sp³-hybridized carbons (Fsp3) is 0.417. The zero-order valence-corrected chi connectivity index (χ0v) is 19.9. The molecule has 0 bridgehead atoms. The quantitative estimate of drug-likeness (QED) is 0.574.